The molecule has 4 aromatic rings. The van der Waals surface area contributed by atoms with Crippen LogP contribution in [0.2, 0.25) is 0 Å². The average Bonchev–Trinajstić information content (AvgIpc) is 3.22. The smallest absolute Gasteiger partial charge is 0.272 e. The Morgan fingerprint density at radius 2 is 1.90 bits per heavy atom. The fourth-order valence-corrected chi connectivity index (χ4v) is 3.07. The molecule has 30 heavy (non-hydrogen) atoms. The van der Waals surface area contributed by atoms with E-state index in [1.807, 2.05) is 36.4 Å². The minimum absolute atomic E-state index is 0.241. The van der Waals surface area contributed by atoms with Crippen LogP contribution < -0.4 is 15.4 Å². The van der Waals surface area contributed by atoms with Gasteiger partial charge in [0.1, 0.15) is 11.4 Å². The first-order valence-electron chi connectivity index (χ1n) is 9.38. The number of pyridine rings is 1. The van der Waals surface area contributed by atoms with Crippen LogP contribution in [0.25, 0.3) is 10.9 Å². The summed E-state index contributed by atoms with van der Waals surface area (Å²) in [5.74, 6) is 0.173. The summed E-state index contributed by atoms with van der Waals surface area (Å²) in [7, 11) is 1.59. The number of anilines is 1. The van der Waals surface area contributed by atoms with E-state index in [9.17, 15) is 9.59 Å². The maximum Gasteiger partial charge on any atom is 0.272 e. The van der Waals surface area contributed by atoms with Crippen molar-refractivity contribution >= 4 is 28.4 Å². The Kier molecular flexibility index (Phi) is 5.43. The summed E-state index contributed by atoms with van der Waals surface area (Å²) < 4.78 is 5.21. The lowest BCUT2D eigenvalue weighted by Gasteiger charge is -2.08. The Morgan fingerprint density at radius 1 is 1.00 bits per heavy atom. The van der Waals surface area contributed by atoms with Crippen LogP contribution in [0.3, 0.4) is 0 Å². The Balaban J connectivity index is 1.44. The van der Waals surface area contributed by atoms with E-state index in [0.717, 1.165) is 16.6 Å². The highest BCUT2D eigenvalue weighted by molar-refractivity contribution is 6.06. The lowest BCUT2D eigenvalue weighted by molar-refractivity contribution is 0.0949. The molecule has 4 rings (SSSR count). The van der Waals surface area contributed by atoms with E-state index >= 15 is 0 Å². The van der Waals surface area contributed by atoms with Crippen molar-refractivity contribution in [3.8, 4) is 5.75 Å². The first-order chi connectivity index (χ1) is 14.6. The largest absolute Gasteiger partial charge is 0.497 e. The number of hydrogen-bond acceptors (Lipinski definition) is 4. The van der Waals surface area contributed by atoms with Gasteiger partial charge in [-0.3, -0.25) is 14.6 Å². The molecule has 0 saturated carbocycles. The number of aromatic amines is 1. The second kappa shape index (κ2) is 8.48. The van der Waals surface area contributed by atoms with Crippen LogP contribution in [-0.4, -0.2) is 28.9 Å². The lowest BCUT2D eigenvalue weighted by Crippen LogP contribution is -2.23. The molecular formula is C23H20N4O3. The summed E-state index contributed by atoms with van der Waals surface area (Å²) in [6, 6.07) is 19.6. The highest BCUT2D eigenvalue weighted by Gasteiger charge is 2.12. The summed E-state index contributed by atoms with van der Waals surface area (Å²) in [4.78, 5) is 32.4. The Labute approximate surface area is 173 Å². The van der Waals surface area contributed by atoms with Crippen LogP contribution in [-0.2, 0) is 6.54 Å². The van der Waals surface area contributed by atoms with Gasteiger partial charge in [-0.15, -0.1) is 0 Å². The molecule has 0 aliphatic heterocycles. The van der Waals surface area contributed by atoms with Gasteiger partial charge in [0.25, 0.3) is 11.8 Å². The number of methoxy groups -OCH3 is 1. The zero-order valence-electron chi connectivity index (χ0n) is 16.3. The number of nitrogens with zero attached hydrogens (tertiary/aromatic N) is 1. The topological polar surface area (TPSA) is 96.1 Å². The number of aromatic nitrogens is 2. The third-order valence-electron chi connectivity index (χ3n) is 4.61. The van der Waals surface area contributed by atoms with E-state index in [0.29, 0.717) is 29.2 Å². The minimum Gasteiger partial charge on any atom is -0.497 e. The Morgan fingerprint density at radius 3 is 2.70 bits per heavy atom. The number of hydrogen-bond donors (Lipinski definition) is 3. The van der Waals surface area contributed by atoms with Crippen molar-refractivity contribution in [2.75, 3.05) is 12.4 Å². The summed E-state index contributed by atoms with van der Waals surface area (Å²) in [6.45, 7) is 0.328. The SMILES string of the molecule is COc1ccc2cc(C(=O)Nc3cccc(C(=O)NCc4ccccn4)c3)[nH]c2c1. The molecule has 0 radical (unpaired) electrons. The molecule has 0 unspecified atom stereocenters. The van der Waals surface area contributed by atoms with Crippen LogP contribution in [0.15, 0.2) is 72.9 Å². The molecule has 0 aliphatic rings. The predicted octanol–water partition coefficient (Wildman–Crippen LogP) is 3.75. The van der Waals surface area contributed by atoms with Crippen molar-refractivity contribution < 1.29 is 14.3 Å². The number of rotatable bonds is 6. The average molecular weight is 400 g/mol. The maximum atomic E-state index is 12.6. The molecule has 2 aromatic heterocycles. The van der Waals surface area contributed by atoms with Crippen molar-refractivity contribution in [2.45, 2.75) is 6.54 Å². The van der Waals surface area contributed by atoms with Gasteiger partial charge in [0, 0.05) is 34.4 Å². The van der Waals surface area contributed by atoms with Crippen molar-refractivity contribution in [3.05, 3.63) is 89.9 Å². The zero-order valence-corrected chi connectivity index (χ0v) is 16.3. The summed E-state index contributed by atoms with van der Waals surface area (Å²) in [6.07, 6.45) is 1.68. The normalized spacial score (nSPS) is 10.6. The molecule has 0 atom stereocenters. The van der Waals surface area contributed by atoms with Gasteiger partial charge in [0.05, 0.1) is 19.3 Å². The monoisotopic (exact) mass is 400 g/mol. The number of nitrogens with one attached hydrogen (secondary N) is 3. The highest BCUT2D eigenvalue weighted by atomic mass is 16.5. The fraction of sp³-hybridized carbons (Fsp3) is 0.0870. The lowest BCUT2D eigenvalue weighted by atomic mass is 10.2. The molecule has 7 heteroatoms. The van der Waals surface area contributed by atoms with Crippen LogP contribution in [0, 0.1) is 0 Å². The van der Waals surface area contributed by atoms with E-state index in [1.54, 1.807) is 43.6 Å². The van der Waals surface area contributed by atoms with Gasteiger partial charge < -0.3 is 20.4 Å². The van der Waals surface area contributed by atoms with E-state index in [2.05, 4.69) is 20.6 Å². The number of amides is 2. The molecule has 2 heterocycles. The van der Waals surface area contributed by atoms with Gasteiger partial charge in [0.2, 0.25) is 0 Å². The third-order valence-corrected chi connectivity index (χ3v) is 4.61. The quantitative estimate of drug-likeness (QED) is 0.459. The molecule has 2 aromatic carbocycles. The molecule has 0 bridgehead atoms. The first kappa shape index (κ1) is 19.2. The van der Waals surface area contributed by atoms with Crippen LogP contribution in [0.4, 0.5) is 5.69 Å². The van der Waals surface area contributed by atoms with E-state index in [-0.39, 0.29) is 11.8 Å². The van der Waals surface area contributed by atoms with Crippen molar-refractivity contribution in [1.82, 2.24) is 15.3 Å². The minimum atomic E-state index is -0.295. The van der Waals surface area contributed by atoms with Gasteiger partial charge in [-0.25, -0.2) is 0 Å². The summed E-state index contributed by atoms with van der Waals surface area (Å²) in [5.41, 5.74) is 2.97. The predicted molar refractivity (Wildman–Crippen MR) is 115 cm³/mol. The summed E-state index contributed by atoms with van der Waals surface area (Å²) >= 11 is 0. The molecular weight excluding hydrogens is 380 g/mol. The Bertz CT molecular complexity index is 1200. The molecule has 2 amide bonds. The van der Waals surface area contributed by atoms with Crippen molar-refractivity contribution in [1.29, 1.82) is 0 Å². The maximum absolute atomic E-state index is 12.6. The first-order valence-corrected chi connectivity index (χ1v) is 9.38. The third kappa shape index (κ3) is 4.30. The number of carbonyl (C=O) groups is 2. The van der Waals surface area contributed by atoms with Crippen LogP contribution >= 0.6 is 0 Å². The molecule has 0 saturated heterocycles. The van der Waals surface area contributed by atoms with Gasteiger partial charge in [-0.05, 0) is 48.5 Å². The van der Waals surface area contributed by atoms with E-state index < -0.39 is 0 Å². The van der Waals surface area contributed by atoms with Gasteiger partial charge in [0.15, 0.2) is 0 Å². The summed E-state index contributed by atoms with van der Waals surface area (Å²) in [5, 5.41) is 6.55. The second-order valence-electron chi connectivity index (χ2n) is 6.67. The number of fused-ring (bicyclic) bond motifs is 1. The van der Waals surface area contributed by atoms with Crippen molar-refractivity contribution in [2.24, 2.45) is 0 Å². The van der Waals surface area contributed by atoms with E-state index in [1.165, 1.54) is 0 Å². The number of carbonyl (C=O) groups excluding carboxylic acids is 2. The molecule has 0 spiro atoms. The second-order valence-corrected chi connectivity index (χ2v) is 6.67. The number of H-pyrrole nitrogens is 1. The van der Waals surface area contributed by atoms with Gasteiger partial charge >= 0.3 is 0 Å². The standard InChI is InChI=1S/C23H20N4O3/c1-30-19-9-8-15-12-21(27-20(15)13-19)23(29)26-17-7-4-5-16(11-17)22(28)25-14-18-6-2-3-10-24-18/h2-13,27H,14H2,1H3,(H,25,28)(H,26,29). The molecule has 0 aliphatic carbocycles. The zero-order chi connectivity index (χ0) is 20.9. The van der Waals surface area contributed by atoms with Gasteiger partial charge in [-0.1, -0.05) is 12.1 Å². The molecule has 150 valence electrons. The van der Waals surface area contributed by atoms with Gasteiger partial charge in [-0.2, -0.15) is 0 Å². The fourth-order valence-electron chi connectivity index (χ4n) is 3.07. The molecule has 0 fully saturated rings. The van der Waals surface area contributed by atoms with Crippen LogP contribution in [0.1, 0.15) is 26.5 Å². The number of ether oxygens (including phenoxy) is 1. The van der Waals surface area contributed by atoms with E-state index in [4.69, 9.17) is 4.74 Å². The number of benzene rings is 2. The molecule has 3 N–H and O–H groups in total. The Hall–Kier alpha value is -4.13. The van der Waals surface area contributed by atoms with Crippen molar-refractivity contribution in [3.63, 3.8) is 0 Å². The molecule has 7 nitrogen and oxygen atoms in total. The van der Waals surface area contributed by atoms with Crippen LogP contribution in [0.5, 0.6) is 5.75 Å². The highest BCUT2D eigenvalue weighted by Crippen LogP contribution is 2.22.